The quantitative estimate of drug-likeness (QED) is 0.830. The molecule has 82 valence electrons. The van der Waals surface area contributed by atoms with Crippen LogP contribution in [0.2, 0.25) is 0 Å². The molecule has 2 rings (SSSR count). The standard InChI is InChI=1S/C11H16N2OS/c1-7-3-4-10(15-7)8(2)13-6-9(12)5-11(13)14/h3-4,8-9H,5-6,12H2,1-2H3. The van der Waals surface area contributed by atoms with Crippen molar-refractivity contribution in [3.05, 3.63) is 21.9 Å². The molecule has 0 spiro atoms. The Labute approximate surface area is 93.9 Å². The van der Waals surface area contributed by atoms with Gasteiger partial charge in [0.25, 0.3) is 0 Å². The Balaban J connectivity index is 2.14. The lowest BCUT2D eigenvalue weighted by atomic mass is 10.2. The lowest BCUT2D eigenvalue weighted by molar-refractivity contribution is -0.129. The second-order valence-corrected chi connectivity index (χ2v) is 5.45. The summed E-state index contributed by atoms with van der Waals surface area (Å²) >= 11 is 1.75. The maximum Gasteiger partial charge on any atom is 0.224 e. The summed E-state index contributed by atoms with van der Waals surface area (Å²) in [4.78, 5) is 16.1. The zero-order valence-electron chi connectivity index (χ0n) is 9.06. The number of rotatable bonds is 2. The van der Waals surface area contributed by atoms with Crippen LogP contribution in [-0.4, -0.2) is 23.4 Å². The van der Waals surface area contributed by atoms with Gasteiger partial charge in [0.05, 0.1) is 6.04 Å². The second-order valence-electron chi connectivity index (χ2n) is 4.13. The first-order valence-electron chi connectivity index (χ1n) is 5.19. The lowest BCUT2D eigenvalue weighted by Crippen LogP contribution is -2.30. The van der Waals surface area contributed by atoms with Crippen LogP contribution in [0.3, 0.4) is 0 Å². The first-order chi connectivity index (χ1) is 7.08. The minimum absolute atomic E-state index is 0.0148. The Morgan fingerprint density at radius 2 is 2.33 bits per heavy atom. The number of thiophene rings is 1. The molecule has 1 aliphatic heterocycles. The van der Waals surface area contributed by atoms with Crippen LogP contribution in [0, 0.1) is 6.92 Å². The van der Waals surface area contributed by atoms with E-state index >= 15 is 0 Å². The van der Waals surface area contributed by atoms with Crippen LogP contribution in [-0.2, 0) is 4.79 Å². The van der Waals surface area contributed by atoms with Crippen LogP contribution in [0.1, 0.15) is 29.1 Å². The monoisotopic (exact) mass is 224 g/mol. The number of hydrogen-bond acceptors (Lipinski definition) is 3. The molecule has 4 heteroatoms. The summed E-state index contributed by atoms with van der Waals surface area (Å²) in [6, 6.07) is 4.38. The first kappa shape index (κ1) is 10.6. The van der Waals surface area contributed by atoms with Crippen LogP contribution in [0.5, 0.6) is 0 Å². The van der Waals surface area contributed by atoms with Gasteiger partial charge in [-0.15, -0.1) is 11.3 Å². The second kappa shape index (κ2) is 3.94. The van der Waals surface area contributed by atoms with E-state index in [4.69, 9.17) is 5.73 Å². The van der Waals surface area contributed by atoms with Crippen molar-refractivity contribution in [1.82, 2.24) is 4.90 Å². The summed E-state index contributed by atoms with van der Waals surface area (Å²) < 4.78 is 0. The molecular formula is C11H16N2OS. The summed E-state index contributed by atoms with van der Waals surface area (Å²) in [5.41, 5.74) is 5.78. The van der Waals surface area contributed by atoms with E-state index in [0.29, 0.717) is 13.0 Å². The number of nitrogens with zero attached hydrogens (tertiary/aromatic N) is 1. The molecule has 0 aromatic carbocycles. The molecule has 15 heavy (non-hydrogen) atoms. The van der Waals surface area contributed by atoms with Gasteiger partial charge in [-0.1, -0.05) is 0 Å². The predicted octanol–water partition coefficient (Wildman–Crippen LogP) is 1.68. The van der Waals surface area contributed by atoms with Crippen molar-refractivity contribution < 1.29 is 4.79 Å². The molecule has 0 bridgehead atoms. The maximum absolute atomic E-state index is 11.7. The number of amides is 1. The topological polar surface area (TPSA) is 46.3 Å². The van der Waals surface area contributed by atoms with E-state index < -0.39 is 0 Å². The van der Waals surface area contributed by atoms with Crippen LogP contribution >= 0.6 is 11.3 Å². The number of hydrogen-bond donors (Lipinski definition) is 1. The van der Waals surface area contributed by atoms with Crippen molar-refractivity contribution in [3.63, 3.8) is 0 Å². The molecule has 3 nitrogen and oxygen atoms in total. The summed E-state index contributed by atoms with van der Waals surface area (Å²) in [5.74, 6) is 0.182. The van der Waals surface area contributed by atoms with Crippen molar-refractivity contribution in [2.24, 2.45) is 5.73 Å². The highest BCUT2D eigenvalue weighted by Gasteiger charge is 2.31. The van der Waals surface area contributed by atoms with Crippen molar-refractivity contribution in [3.8, 4) is 0 Å². The highest BCUT2D eigenvalue weighted by atomic mass is 32.1. The third-order valence-corrected chi connectivity index (χ3v) is 4.00. The third kappa shape index (κ3) is 2.06. The average Bonchev–Trinajstić information content (AvgIpc) is 2.71. The Kier molecular flexibility index (Phi) is 2.80. The SMILES string of the molecule is Cc1ccc(C(C)N2CC(N)CC2=O)s1. The van der Waals surface area contributed by atoms with Crippen LogP contribution in [0.4, 0.5) is 0 Å². The van der Waals surface area contributed by atoms with Gasteiger partial charge in [-0.25, -0.2) is 0 Å². The van der Waals surface area contributed by atoms with E-state index in [1.807, 2.05) is 4.90 Å². The normalized spacial score (nSPS) is 23.5. The Morgan fingerprint density at radius 3 is 2.80 bits per heavy atom. The van der Waals surface area contributed by atoms with Crippen LogP contribution in [0.15, 0.2) is 12.1 Å². The smallest absolute Gasteiger partial charge is 0.224 e. The number of aryl methyl sites for hydroxylation is 1. The highest BCUT2D eigenvalue weighted by molar-refractivity contribution is 7.12. The van der Waals surface area contributed by atoms with Crippen molar-refractivity contribution in [2.45, 2.75) is 32.4 Å². The van der Waals surface area contributed by atoms with E-state index in [0.717, 1.165) is 0 Å². The first-order valence-corrected chi connectivity index (χ1v) is 6.01. The molecule has 1 fully saturated rings. The molecule has 1 aromatic rings. The predicted molar refractivity (Wildman–Crippen MR) is 61.8 cm³/mol. The molecule has 0 aliphatic carbocycles. The van der Waals surface area contributed by atoms with Crippen LogP contribution in [0.25, 0.3) is 0 Å². The van der Waals surface area contributed by atoms with E-state index in [2.05, 4.69) is 26.0 Å². The van der Waals surface area contributed by atoms with Gasteiger partial charge in [0.1, 0.15) is 0 Å². The molecule has 2 N–H and O–H groups in total. The zero-order chi connectivity index (χ0) is 11.0. The number of carbonyl (C=O) groups excluding carboxylic acids is 1. The highest BCUT2D eigenvalue weighted by Crippen LogP contribution is 2.29. The van der Waals surface area contributed by atoms with Crippen molar-refractivity contribution in [2.75, 3.05) is 6.54 Å². The Morgan fingerprint density at radius 1 is 1.60 bits per heavy atom. The largest absolute Gasteiger partial charge is 0.334 e. The number of carbonyl (C=O) groups is 1. The van der Waals surface area contributed by atoms with Crippen molar-refractivity contribution >= 4 is 17.2 Å². The van der Waals surface area contributed by atoms with Gasteiger partial charge < -0.3 is 10.6 Å². The number of likely N-dealkylation sites (tertiary alicyclic amines) is 1. The molecule has 1 aliphatic rings. The van der Waals surface area contributed by atoms with Crippen molar-refractivity contribution in [1.29, 1.82) is 0 Å². The summed E-state index contributed by atoms with van der Waals surface area (Å²) in [7, 11) is 0. The van der Waals surface area contributed by atoms with E-state index in [1.165, 1.54) is 9.75 Å². The molecule has 0 saturated carbocycles. The van der Waals surface area contributed by atoms with Gasteiger partial charge in [0, 0.05) is 28.8 Å². The fourth-order valence-electron chi connectivity index (χ4n) is 1.97. The molecular weight excluding hydrogens is 208 g/mol. The maximum atomic E-state index is 11.7. The molecule has 2 unspecified atom stereocenters. The molecule has 1 saturated heterocycles. The van der Waals surface area contributed by atoms with Gasteiger partial charge in [-0.05, 0) is 26.0 Å². The average molecular weight is 224 g/mol. The van der Waals surface area contributed by atoms with E-state index in [-0.39, 0.29) is 18.0 Å². The van der Waals surface area contributed by atoms with Crippen LogP contribution < -0.4 is 5.73 Å². The van der Waals surface area contributed by atoms with Gasteiger partial charge in [-0.2, -0.15) is 0 Å². The fraction of sp³-hybridized carbons (Fsp3) is 0.545. The molecule has 1 aromatic heterocycles. The number of nitrogens with two attached hydrogens (primary N) is 1. The minimum atomic E-state index is 0.0148. The molecule has 2 atom stereocenters. The summed E-state index contributed by atoms with van der Waals surface area (Å²) in [6.07, 6.45) is 0.495. The van der Waals surface area contributed by atoms with Gasteiger partial charge in [0.2, 0.25) is 5.91 Å². The van der Waals surface area contributed by atoms with Gasteiger partial charge >= 0.3 is 0 Å². The van der Waals surface area contributed by atoms with Gasteiger partial charge in [-0.3, -0.25) is 4.79 Å². The molecule has 2 heterocycles. The van der Waals surface area contributed by atoms with Gasteiger partial charge in [0.15, 0.2) is 0 Å². The zero-order valence-corrected chi connectivity index (χ0v) is 9.88. The Bertz CT molecular complexity index is 374. The molecule has 1 amide bonds. The van der Waals surface area contributed by atoms with E-state index in [1.54, 1.807) is 11.3 Å². The third-order valence-electron chi connectivity index (χ3n) is 2.83. The summed E-state index contributed by atoms with van der Waals surface area (Å²) in [5, 5.41) is 0. The Hall–Kier alpha value is -0.870. The fourth-order valence-corrected chi connectivity index (χ4v) is 2.91. The molecule has 0 radical (unpaired) electrons. The van der Waals surface area contributed by atoms with E-state index in [9.17, 15) is 4.79 Å². The summed E-state index contributed by atoms with van der Waals surface area (Å²) in [6.45, 7) is 4.84. The lowest BCUT2D eigenvalue weighted by Gasteiger charge is -2.23. The minimum Gasteiger partial charge on any atom is -0.334 e.